The Balaban J connectivity index is 2.20. The second-order valence-corrected chi connectivity index (χ2v) is 4.24. The van der Waals surface area contributed by atoms with Crippen molar-refractivity contribution < 1.29 is 9.53 Å². The number of anilines is 1. The van der Waals surface area contributed by atoms with E-state index in [1.165, 1.54) is 0 Å². The summed E-state index contributed by atoms with van der Waals surface area (Å²) < 4.78 is 5.36. The van der Waals surface area contributed by atoms with E-state index >= 15 is 0 Å². The molecule has 92 valence electrons. The summed E-state index contributed by atoms with van der Waals surface area (Å²) in [6, 6.07) is 5.32. The minimum absolute atomic E-state index is 0.0299. The molecule has 0 radical (unpaired) electrons. The summed E-state index contributed by atoms with van der Waals surface area (Å²) in [6.45, 7) is 4.41. The van der Waals surface area contributed by atoms with E-state index in [0.29, 0.717) is 17.3 Å². The molecular formula is C12H15ClN2O2. The highest BCUT2D eigenvalue weighted by Gasteiger charge is 2.25. The Morgan fingerprint density at radius 2 is 2.35 bits per heavy atom. The summed E-state index contributed by atoms with van der Waals surface area (Å²) in [7, 11) is 0. The van der Waals surface area contributed by atoms with Gasteiger partial charge in [-0.3, -0.25) is 4.79 Å². The summed E-state index contributed by atoms with van der Waals surface area (Å²) in [5.41, 5.74) is 0.756. The molecule has 0 unspecified atom stereocenters. The molecular weight excluding hydrogens is 240 g/mol. The fraction of sp³-hybridized carbons (Fsp3) is 0.417. The highest BCUT2D eigenvalue weighted by atomic mass is 35.5. The molecule has 0 aliphatic carbocycles. The number of benzene rings is 1. The SMILES string of the molecule is CCNCCN1C(=O)COc2ccc(Cl)cc21. The Labute approximate surface area is 106 Å². The first-order chi connectivity index (χ1) is 8.22. The van der Waals surface area contributed by atoms with Crippen molar-refractivity contribution in [3.8, 4) is 5.75 Å². The minimum atomic E-state index is -0.0299. The summed E-state index contributed by atoms with van der Waals surface area (Å²) in [5.74, 6) is 0.683. The molecule has 1 amide bonds. The van der Waals surface area contributed by atoms with Gasteiger partial charge in [-0.15, -0.1) is 0 Å². The lowest BCUT2D eigenvalue weighted by Crippen LogP contribution is -2.42. The molecule has 1 aromatic rings. The second kappa shape index (κ2) is 5.38. The van der Waals surface area contributed by atoms with E-state index in [9.17, 15) is 4.79 Å². The molecule has 0 bridgehead atoms. The van der Waals surface area contributed by atoms with Gasteiger partial charge in [-0.25, -0.2) is 0 Å². The average molecular weight is 255 g/mol. The van der Waals surface area contributed by atoms with Crippen molar-refractivity contribution in [2.24, 2.45) is 0 Å². The van der Waals surface area contributed by atoms with Crippen LogP contribution in [0, 0.1) is 0 Å². The van der Waals surface area contributed by atoms with Gasteiger partial charge in [-0.05, 0) is 24.7 Å². The summed E-state index contributed by atoms with van der Waals surface area (Å²) in [4.78, 5) is 13.5. The molecule has 17 heavy (non-hydrogen) atoms. The van der Waals surface area contributed by atoms with Gasteiger partial charge in [0.1, 0.15) is 5.75 Å². The first-order valence-electron chi connectivity index (χ1n) is 5.66. The molecule has 1 N–H and O–H groups in total. The predicted octanol–water partition coefficient (Wildman–Crippen LogP) is 1.67. The lowest BCUT2D eigenvalue weighted by atomic mass is 10.2. The average Bonchev–Trinajstić information content (AvgIpc) is 2.32. The molecule has 2 rings (SSSR count). The van der Waals surface area contributed by atoms with Crippen molar-refractivity contribution >= 4 is 23.2 Å². The number of carbonyl (C=O) groups is 1. The minimum Gasteiger partial charge on any atom is -0.482 e. The number of hydrogen-bond donors (Lipinski definition) is 1. The zero-order valence-electron chi connectivity index (χ0n) is 9.70. The highest BCUT2D eigenvalue weighted by Crippen LogP contribution is 2.34. The van der Waals surface area contributed by atoms with Crippen LogP contribution in [0.5, 0.6) is 5.75 Å². The van der Waals surface area contributed by atoms with Crippen LogP contribution in [-0.2, 0) is 4.79 Å². The van der Waals surface area contributed by atoms with Crippen molar-refractivity contribution in [3.05, 3.63) is 23.2 Å². The maximum atomic E-state index is 11.8. The van der Waals surface area contributed by atoms with Crippen molar-refractivity contribution in [1.82, 2.24) is 5.32 Å². The van der Waals surface area contributed by atoms with Gasteiger partial charge < -0.3 is 15.0 Å². The standard InChI is InChI=1S/C12H15ClN2O2/c1-2-14-5-6-15-10-7-9(13)3-4-11(10)17-8-12(15)16/h3-4,7,14H,2,5-6,8H2,1H3. The number of halogens is 1. The number of fused-ring (bicyclic) bond motifs is 1. The van der Waals surface area contributed by atoms with E-state index in [1.807, 2.05) is 6.92 Å². The smallest absolute Gasteiger partial charge is 0.265 e. The Morgan fingerprint density at radius 1 is 1.53 bits per heavy atom. The zero-order valence-corrected chi connectivity index (χ0v) is 10.5. The molecule has 5 heteroatoms. The maximum Gasteiger partial charge on any atom is 0.265 e. The fourth-order valence-corrected chi connectivity index (χ4v) is 1.95. The number of rotatable bonds is 4. The lowest BCUT2D eigenvalue weighted by molar-refractivity contribution is -0.121. The van der Waals surface area contributed by atoms with Crippen LogP contribution in [0.1, 0.15) is 6.92 Å². The molecule has 0 spiro atoms. The lowest BCUT2D eigenvalue weighted by Gasteiger charge is -2.29. The first kappa shape index (κ1) is 12.2. The van der Waals surface area contributed by atoms with Gasteiger partial charge in [0.2, 0.25) is 0 Å². The van der Waals surface area contributed by atoms with E-state index in [1.54, 1.807) is 23.1 Å². The van der Waals surface area contributed by atoms with Gasteiger partial charge in [-0.2, -0.15) is 0 Å². The summed E-state index contributed by atoms with van der Waals surface area (Å²) in [5, 5.41) is 3.80. The maximum absolute atomic E-state index is 11.8. The third kappa shape index (κ3) is 2.70. The van der Waals surface area contributed by atoms with Crippen LogP contribution in [0.4, 0.5) is 5.69 Å². The molecule has 0 saturated carbocycles. The summed E-state index contributed by atoms with van der Waals surface area (Å²) >= 11 is 5.94. The Kier molecular flexibility index (Phi) is 3.86. The van der Waals surface area contributed by atoms with Crippen LogP contribution in [0.3, 0.4) is 0 Å². The monoisotopic (exact) mass is 254 g/mol. The Bertz CT molecular complexity index is 423. The molecule has 4 nitrogen and oxygen atoms in total. The number of hydrogen-bond acceptors (Lipinski definition) is 3. The number of nitrogens with zero attached hydrogens (tertiary/aromatic N) is 1. The Morgan fingerprint density at radius 3 is 3.12 bits per heavy atom. The molecule has 0 fully saturated rings. The quantitative estimate of drug-likeness (QED) is 0.832. The third-order valence-corrected chi connectivity index (χ3v) is 2.86. The van der Waals surface area contributed by atoms with Crippen molar-refractivity contribution in [2.75, 3.05) is 31.1 Å². The van der Waals surface area contributed by atoms with Gasteiger partial charge in [0.25, 0.3) is 5.91 Å². The van der Waals surface area contributed by atoms with Crippen LogP contribution in [0.2, 0.25) is 5.02 Å². The van der Waals surface area contributed by atoms with Gasteiger partial charge in [0, 0.05) is 18.1 Å². The Hall–Kier alpha value is -1.26. The van der Waals surface area contributed by atoms with Crippen LogP contribution in [-0.4, -0.2) is 32.1 Å². The van der Waals surface area contributed by atoms with Gasteiger partial charge in [-0.1, -0.05) is 18.5 Å². The topological polar surface area (TPSA) is 41.6 Å². The van der Waals surface area contributed by atoms with Crippen molar-refractivity contribution in [1.29, 1.82) is 0 Å². The summed E-state index contributed by atoms with van der Waals surface area (Å²) in [6.07, 6.45) is 0. The van der Waals surface area contributed by atoms with Crippen LogP contribution >= 0.6 is 11.6 Å². The van der Waals surface area contributed by atoms with E-state index in [4.69, 9.17) is 16.3 Å². The molecule has 0 saturated heterocycles. The first-order valence-corrected chi connectivity index (χ1v) is 6.03. The number of nitrogens with one attached hydrogen (secondary N) is 1. The van der Waals surface area contributed by atoms with Crippen LogP contribution < -0.4 is 15.0 Å². The van der Waals surface area contributed by atoms with Gasteiger partial charge in [0.05, 0.1) is 5.69 Å². The van der Waals surface area contributed by atoms with Crippen molar-refractivity contribution in [2.45, 2.75) is 6.92 Å². The highest BCUT2D eigenvalue weighted by molar-refractivity contribution is 6.31. The predicted molar refractivity (Wildman–Crippen MR) is 67.8 cm³/mol. The largest absolute Gasteiger partial charge is 0.482 e. The normalized spacial score (nSPS) is 14.5. The molecule has 1 aromatic carbocycles. The molecule has 0 atom stereocenters. The van der Waals surface area contributed by atoms with Crippen LogP contribution in [0.25, 0.3) is 0 Å². The fourth-order valence-electron chi connectivity index (χ4n) is 1.79. The molecule has 1 aliphatic heterocycles. The van der Waals surface area contributed by atoms with E-state index in [-0.39, 0.29) is 12.5 Å². The van der Waals surface area contributed by atoms with Gasteiger partial charge >= 0.3 is 0 Å². The third-order valence-electron chi connectivity index (χ3n) is 2.63. The van der Waals surface area contributed by atoms with E-state index in [0.717, 1.165) is 18.8 Å². The number of ether oxygens (including phenoxy) is 1. The number of likely N-dealkylation sites (N-methyl/N-ethyl adjacent to an activating group) is 1. The van der Waals surface area contributed by atoms with E-state index in [2.05, 4.69) is 5.32 Å². The molecule has 1 aliphatic rings. The van der Waals surface area contributed by atoms with Crippen LogP contribution in [0.15, 0.2) is 18.2 Å². The zero-order chi connectivity index (χ0) is 12.3. The molecule has 1 heterocycles. The number of carbonyl (C=O) groups excluding carboxylic acids is 1. The second-order valence-electron chi connectivity index (χ2n) is 3.80. The van der Waals surface area contributed by atoms with Crippen molar-refractivity contribution in [3.63, 3.8) is 0 Å². The number of amides is 1. The van der Waals surface area contributed by atoms with E-state index < -0.39 is 0 Å². The molecule has 0 aromatic heterocycles. The van der Waals surface area contributed by atoms with Gasteiger partial charge in [0.15, 0.2) is 6.61 Å².